The maximum absolute atomic E-state index is 12.1. The molecule has 6 heteroatoms. The molecule has 2 N–H and O–H groups in total. The molecule has 1 heterocycles. The molecular formula is C16H20N2O4. The summed E-state index contributed by atoms with van der Waals surface area (Å²) in [7, 11) is 0. The number of carboxylic acid groups (broad SMARTS) is 1. The molecule has 6 nitrogen and oxygen atoms in total. The number of para-hydroxylation sites is 1. The van der Waals surface area contributed by atoms with Crippen molar-refractivity contribution in [2.24, 2.45) is 0 Å². The number of nitrogens with one attached hydrogen (secondary N) is 1. The largest absolute Gasteiger partial charge is 0.480 e. The van der Waals surface area contributed by atoms with E-state index in [4.69, 9.17) is 5.11 Å². The van der Waals surface area contributed by atoms with Crippen LogP contribution in [0.2, 0.25) is 0 Å². The second kappa shape index (κ2) is 7.06. The highest BCUT2D eigenvalue weighted by Crippen LogP contribution is 2.19. The smallest absolute Gasteiger partial charge is 0.326 e. The van der Waals surface area contributed by atoms with E-state index >= 15 is 0 Å². The lowest BCUT2D eigenvalue weighted by atomic mass is 10.2. The van der Waals surface area contributed by atoms with Crippen LogP contribution in [0, 0.1) is 6.92 Å². The van der Waals surface area contributed by atoms with Gasteiger partial charge >= 0.3 is 5.97 Å². The van der Waals surface area contributed by atoms with Crippen molar-refractivity contribution >= 4 is 23.5 Å². The van der Waals surface area contributed by atoms with Crippen molar-refractivity contribution in [3.63, 3.8) is 0 Å². The number of aryl methyl sites for hydroxylation is 1. The van der Waals surface area contributed by atoms with Gasteiger partial charge in [-0.3, -0.25) is 9.59 Å². The summed E-state index contributed by atoms with van der Waals surface area (Å²) in [5.74, 6) is -1.49. The molecule has 1 aliphatic rings. The predicted octanol–water partition coefficient (Wildman–Crippen LogP) is 1.79. The molecule has 0 bridgehead atoms. The van der Waals surface area contributed by atoms with E-state index in [9.17, 15) is 14.4 Å². The van der Waals surface area contributed by atoms with Crippen LogP contribution in [0.1, 0.15) is 31.2 Å². The van der Waals surface area contributed by atoms with Crippen LogP contribution >= 0.6 is 0 Å². The Morgan fingerprint density at radius 1 is 1.27 bits per heavy atom. The van der Waals surface area contributed by atoms with E-state index in [0.29, 0.717) is 19.4 Å². The molecule has 2 amide bonds. The first-order chi connectivity index (χ1) is 10.5. The monoisotopic (exact) mass is 304 g/mol. The van der Waals surface area contributed by atoms with Crippen molar-refractivity contribution in [1.29, 1.82) is 0 Å². The highest BCUT2D eigenvalue weighted by atomic mass is 16.4. The Balaban J connectivity index is 1.85. The fourth-order valence-corrected chi connectivity index (χ4v) is 2.61. The molecule has 2 rings (SSSR count). The Hall–Kier alpha value is -2.37. The molecule has 1 aliphatic heterocycles. The summed E-state index contributed by atoms with van der Waals surface area (Å²) in [6.45, 7) is 2.34. The van der Waals surface area contributed by atoms with Gasteiger partial charge in [-0.05, 0) is 31.4 Å². The number of benzene rings is 1. The van der Waals surface area contributed by atoms with E-state index in [1.165, 1.54) is 4.90 Å². The Morgan fingerprint density at radius 3 is 2.68 bits per heavy atom. The minimum absolute atomic E-state index is 0.0293. The molecular weight excluding hydrogens is 284 g/mol. The summed E-state index contributed by atoms with van der Waals surface area (Å²) in [5, 5.41) is 11.8. The highest BCUT2D eigenvalue weighted by Gasteiger charge is 2.33. The molecule has 118 valence electrons. The van der Waals surface area contributed by atoms with Crippen molar-refractivity contribution in [1.82, 2.24) is 4.90 Å². The van der Waals surface area contributed by atoms with Crippen LogP contribution in [0.5, 0.6) is 0 Å². The van der Waals surface area contributed by atoms with E-state index in [1.807, 2.05) is 25.1 Å². The average molecular weight is 304 g/mol. The molecule has 0 spiro atoms. The summed E-state index contributed by atoms with van der Waals surface area (Å²) in [6.07, 6.45) is 1.26. The molecule has 1 saturated heterocycles. The quantitative estimate of drug-likeness (QED) is 0.868. The second-order valence-electron chi connectivity index (χ2n) is 5.45. The van der Waals surface area contributed by atoms with E-state index in [1.54, 1.807) is 6.07 Å². The predicted molar refractivity (Wildman–Crippen MR) is 81.4 cm³/mol. The van der Waals surface area contributed by atoms with Crippen LogP contribution in [-0.2, 0) is 14.4 Å². The Kier molecular flexibility index (Phi) is 5.14. The third kappa shape index (κ3) is 3.84. The van der Waals surface area contributed by atoms with Gasteiger partial charge in [0.15, 0.2) is 0 Å². The first-order valence-electron chi connectivity index (χ1n) is 7.37. The number of hydrogen-bond donors (Lipinski definition) is 2. The van der Waals surface area contributed by atoms with Crippen LogP contribution < -0.4 is 5.32 Å². The molecule has 0 radical (unpaired) electrons. The summed E-state index contributed by atoms with van der Waals surface area (Å²) in [6, 6.07) is 6.66. The van der Waals surface area contributed by atoms with Gasteiger partial charge in [-0.1, -0.05) is 18.2 Å². The van der Waals surface area contributed by atoms with Crippen LogP contribution in [0.15, 0.2) is 24.3 Å². The van der Waals surface area contributed by atoms with E-state index in [2.05, 4.69) is 5.32 Å². The lowest BCUT2D eigenvalue weighted by molar-refractivity contribution is -0.148. The fraction of sp³-hybridized carbons (Fsp3) is 0.438. The Labute approximate surface area is 129 Å². The van der Waals surface area contributed by atoms with Gasteiger partial charge in [0.2, 0.25) is 11.8 Å². The van der Waals surface area contributed by atoms with Crippen LogP contribution in [-0.4, -0.2) is 40.4 Å². The first-order valence-corrected chi connectivity index (χ1v) is 7.37. The molecule has 1 atom stereocenters. The van der Waals surface area contributed by atoms with E-state index in [-0.39, 0.29) is 24.7 Å². The molecule has 0 aliphatic carbocycles. The number of rotatable bonds is 5. The van der Waals surface area contributed by atoms with Crippen LogP contribution in [0.4, 0.5) is 5.69 Å². The zero-order valence-electron chi connectivity index (χ0n) is 12.5. The number of likely N-dealkylation sites (tertiary alicyclic amines) is 1. The lowest BCUT2D eigenvalue weighted by Crippen LogP contribution is -2.40. The zero-order chi connectivity index (χ0) is 16.1. The lowest BCUT2D eigenvalue weighted by Gasteiger charge is -2.21. The van der Waals surface area contributed by atoms with Crippen LogP contribution in [0.3, 0.4) is 0 Å². The summed E-state index contributed by atoms with van der Waals surface area (Å²) < 4.78 is 0. The summed E-state index contributed by atoms with van der Waals surface area (Å²) in [4.78, 5) is 36.4. The SMILES string of the molecule is Cc1ccccc1NC(=O)CCC(=O)N1CCCC1C(=O)O. The van der Waals surface area contributed by atoms with Crippen molar-refractivity contribution < 1.29 is 19.5 Å². The van der Waals surface area contributed by atoms with Gasteiger partial charge in [-0.2, -0.15) is 0 Å². The van der Waals surface area contributed by atoms with Gasteiger partial charge in [0, 0.05) is 25.1 Å². The third-order valence-corrected chi connectivity index (χ3v) is 3.84. The Bertz CT molecular complexity index is 585. The van der Waals surface area contributed by atoms with Gasteiger partial charge in [0.25, 0.3) is 0 Å². The van der Waals surface area contributed by atoms with Gasteiger partial charge < -0.3 is 15.3 Å². The van der Waals surface area contributed by atoms with Gasteiger partial charge in [-0.25, -0.2) is 4.79 Å². The minimum Gasteiger partial charge on any atom is -0.480 e. The van der Waals surface area contributed by atoms with Gasteiger partial charge in [0.1, 0.15) is 6.04 Å². The molecule has 0 saturated carbocycles. The van der Waals surface area contributed by atoms with E-state index < -0.39 is 12.0 Å². The number of carbonyl (C=O) groups is 3. The van der Waals surface area contributed by atoms with Crippen molar-refractivity contribution in [2.75, 3.05) is 11.9 Å². The highest BCUT2D eigenvalue weighted by molar-refractivity contribution is 5.94. The third-order valence-electron chi connectivity index (χ3n) is 3.84. The fourth-order valence-electron chi connectivity index (χ4n) is 2.61. The van der Waals surface area contributed by atoms with E-state index in [0.717, 1.165) is 11.3 Å². The molecule has 22 heavy (non-hydrogen) atoms. The second-order valence-corrected chi connectivity index (χ2v) is 5.45. The topological polar surface area (TPSA) is 86.7 Å². The maximum Gasteiger partial charge on any atom is 0.326 e. The van der Waals surface area contributed by atoms with Crippen molar-refractivity contribution in [3.05, 3.63) is 29.8 Å². The molecule has 1 aromatic carbocycles. The number of carboxylic acids is 1. The number of carbonyl (C=O) groups excluding carboxylic acids is 2. The number of aliphatic carboxylic acids is 1. The van der Waals surface area contributed by atoms with Gasteiger partial charge in [0.05, 0.1) is 0 Å². The standard InChI is InChI=1S/C16H20N2O4/c1-11-5-2-3-6-12(11)17-14(19)8-9-15(20)18-10-4-7-13(18)16(21)22/h2-3,5-6,13H,4,7-10H2,1H3,(H,17,19)(H,21,22). The normalized spacial score (nSPS) is 17.3. The van der Waals surface area contributed by atoms with Crippen molar-refractivity contribution in [2.45, 2.75) is 38.6 Å². The molecule has 0 aromatic heterocycles. The molecule has 1 aromatic rings. The van der Waals surface area contributed by atoms with Crippen molar-refractivity contribution in [3.8, 4) is 0 Å². The molecule has 1 unspecified atom stereocenters. The van der Waals surface area contributed by atoms with Crippen LogP contribution in [0.25, 0.3) is 0 Å². The zero-order valence-corrected chi connectivity index (χ0v) is 12.5. The number of nitrogens with zero attached hydrogens (tertiary/aromatic N) is 1. The number of amides is 2. The molecule has 1 fully saturated rings. The Morgan fingerprint density at radius 2 is 2.00 bits per heavy atom. The minimum atomic E-state index is -0.977. The summed E-state index contributed by atoms with van der Waals surface area (Å²) in [5.41, 5.74) is 1.68. The van der Waals surface area contributed by atoms with Gasteiger partial charge in [-0.15, -0.1) is 0 Å². The first kappa shape index (κ1) is 16.0. The summed E-state index contributed by atoms with van der Waals surface area (Å²) >= 11 is 0. The maximum atomic E-state index is 12.1. The number of hydrogen-bond acceptors (Lipinski definition) is 3. The average Bonchev–Trinajstić information content (AvgIpc) is 2.97. The number of anilines is 1.